The van der Waals surface area contributed by atoms with Crippen molar-refractivity contribution >= 4 is 33.5 Å². The molecule has 2 nitrogen and oxygen atoms in total. The fourth-order valence-corrected chi connectivity index (χ4v) is 5.00. The standard InChI is InChI=1S/C17H20BrClO2/c1-16(2)10-6-7-17(16,3)14(8-10)21-15(20)12-5-4-11(19)9-13(12)18/h4-5,9-10,14H,6-8H2,1-3H3. The Bertz CT molecular complexity index is 598. The smallest absolute Gasteiger partial charge is 0.339 e. The molecule has 0 saturated heterocycles. The van der Waals surface area contributed by atoms with Crippen molar-refractivity contribution in [1.29, 1.82) is 0 Å². The quantitative estimate of drug-likeness (QED) is 0.644. The number of esters is 1. The molecule has 2 bridgehead atoms. The Morgan fingerprint density at radius 3 is 2.62 bits per heavy atom. The number of rotatable bonds is 2. The van der Waals surface area contributed by atoms with Crippen LogP contribution in [0.15, 0.2) is 22.7 Å². The second-order valence-corrected chi connectivity index (χ2v) is 8.42. The molecule has 1 aromatic carbocycles. The van der Waals surface area contributed by atoms with E-state index >= 15 is 0 Å². The fraction of sp³-hybridized carbons (Fsp3) is 0.588. The van der Waals surface area contributed by atoms with E-state index in [2.05, 4.69) is 36.7 Å². The number of benzene rings is 1. The lowest BCUT2D eigenvalue weighted by atomic mass is 9.70. The Balaban J connectivity index is 1.80. The average molecular weight is 372 g/mol. The Morgan fingerprint density at radius 1 is 1.38 bits per heavy atom. The van der Waals surface area contributed by atoms with Gasteiger partial charge in [0.15, 0.2) is 0 Å². The minimum Gasteiger partial charge on any atom is -0.458 e. The second kappa shape index (κ2) is 4.99. The Labute approximate surface area is 139 Å². The van der Waals surface area contributed by atoms with Crippen LogP contribution in [0.2, 0.25) is 5.02 Å². The molecule has 0 spiro atoms. The molecule has 3 atom stereocenters. The van der Waals surface area contributed by atoms with E-state index in [1.165, 1.54) is 6.42 Å². The van der Waals surface area contributed by atoms with Gasteiger partial charge in [-0.05, 0) is 64.7 Å². The lowest BCUT2D eigenvalue weighted by Crippen LogP contribution is -2.38. The van der Waals surface area contributed by atoms with Crippen LogP contribution in [0.5, 0.6) is 0 Å². The van der Waals surface area contributed by atoms with E-state index in [-0.39, 0.29) is 22.9 Å². The third-order valence-corrected chi connectivity index (χ3v) is 7.01. The molecular weight excluding hydrogens is 352 g/mol. The molecule has 0 radical (unpaired) electrons. The zero-order valence-electron chi connectivity index (χ0n) is 12.6. The van der Waals surface area contributed by atoms with Crippen molar-refractivity contribution in [2.45, 2.75) is 46.1 Å². The minimum absolute atomic E-state index is 0.0151. The van der Waals surface area contributed by atoms with Gasteiger partial charge in [-0.3, -0.25) is 0 Å². The topological polar surface area (TPSA) is 26.3 Å². The molecule has 2 fully saturated rings. The van der Waals surface area contributed by atoms with Crippen molar-refractivity contribution in [3.63, 3.8) is 0 Å². The molecule has 0 amide bonds. The van der Waals surface area contributed by atoms with Gasteiger partial charge in [0.1, 0.15) is 6.10 Å². The highest BCUT2D eigenvalue weighted by Crippen LogP contribution is 2.66. The van der Waals surface area contributed by atoms with E-state index in [9.17, 15) is 4.79 Å². The zero-order valence-corrected chi connectivity index (χ0v) is 14.9. The molecule has 0 N–H and O–H groups in total. The van der Waals surface area contributed by atoms with E-state index in [4.69, 9.17) is 16.3 Å². The maximum Gasteiger partial charge on any atom is 0.339 e. The van der Waals surface area contributed by atoms with E-state index in [0.717, 1.165) is 12.8 Å². The van der Waals surface area contributed by atoms with Gasteiger partial charge in [-0.15, -0.1) is 0 Å². The largest absolute Gasteiger partial charge is 0.458 e. The Kier molecular flexibility index (Phi) is 3.65. The van der Waals surface area contributed by atoms with Gasteiger partial charge in [0.05, 0.1) is 5.56 Å². The van der Waals surface area contributed by atoms with Gasteiger partial charge >= 0.3 is 5.97 Å². The van der Waals surface area contributed by atoms with Crippen molar-refractivity contribution in [1.82, 2.24) is 0 Å². The van der Waals surface area contributed by atoms with Crippen molar-refractivity contribution in [3.05, 3.63) is 33.3 Å². The molecule has 0 heterocycles. The van der Waals surface area contributed by atoms with Gasteiger partial charge in [-0.25, -0.2) is 4.79 Å². The van der Waals surface area contributed by atoms with Crippen LogP contribution in [0.4, 0.5) is 0 Å². The van der Waals surface area contributed by atoms with Crippen molar-refractivity contribution in [3.8, 4) is 0 Å². The first kappa shape index (κ1) is 15.4. The summed E-state index contributed by atoms with van der Waals surface area (Å²) in [6.45, 7) is 6.91. The molecule has 2 aliphatic carbocycles. The monoisotopic (exact) mass is 370 g/mol. The van der Waals surface area contributed by atoms with Crippen LogP contribution in [0.25, 0.3) is 0 Å². The summed E-state index contributed by atoms with van der Waals surface area (Å²) in [6, 6.07) is 5.16. The predicted octanol–water partition coefficient (Wildman–Crippen LogP) is 5.47. The van der Waals surface area contributed by atoms with Gasteiger partial charge in [0.2, 0.25) is 0 Å². The molecule has 4 heteroatoms. The number of halogens is 2. The summed E-state index contributed by atoms with van der Waals surface area (Å²) < 4.78 is 6.57. The highest BCUT2D eigenvalue weighted by atomic mass is 79.9. The molecule has 1 aromatic rings. The molecule has 3 unspecified atom stereocenters. The van der Waals surface area contributed by atoms with Gasteiger partial charge in [-0.1, -0.05) is 32.4 Å². The minimum atomic E-state index is -0.256. The van der Waals surface area contributed by atoms with E-state index < -0.39 is 0 Å². The summed E-state index contributed by atoms with van der Waals surface area (Å²) in [5.41, 5.74) is 0.880. The SMILES string of the molecule is CC1(C)C2CCC1(C)C(OC(=O)c1ccc(Cl)cc1Br)C2. The van der Waals surface area contributed by atoms with Crippen molar-refractivity contribution < 1.29 is 9.53 Å². The Morgan fingerprint density at radius 2 is 2.10 bits per heavy atom. The van der Waals surface area contributed by atoms with Crippen LogP contribution in [-0.4, -0.2) is 12.1 Å². The molecule has 3 rings (SSSR count). The molecular formula is C17H20BrClO2. The molecule has 2 saturated carbocycles. The van der Waals surface area contributed by atoms with Crippen LogP contribution in [0.1, 0.15) is 50.4 Å². The molecule has 2 aliphatic rings. The average Bonchev–Trinajstić information content (AvgIpc) is 2.71. The van der Waals surface area contributed by atoms with Crippen LogP contribution in [-0.2, 0) is 4.74 Å². The first-order valence-corrected chi connectivity index (χ1v) is 8.59. The van der Waals surface area contributed by atoms with Gasteiger partial charge in [0.25, 0.3) is 0 Å². The summed E-state index contributed by atoms with van der Waals surface area (Å²) in [5, 5.41) is 0.603. The molecule has 0 aromatic heterocycles. The summed E-state index contributed by atoms with van der Waals surface area (Å²) in [4.78, 5) is 12.5. The maximum absolute atomic E-state index is 12.5. The summed E-state index contributed by atoms with van der Waals surface area (Å²) in [7, 11) is 0. The number of hydrogen-bond donors (Lipinski definition) is 0. The van der Waals surface area contributed by atoms with E-state index in [1.54, 1.807) is 18.2 Å². The molecule has 0 aliphatic heterocycles. The maximum atomic E-state index is 12.5. The lowest BCUT2D eigenvalue weighted by molar-refractivity contribution is -0.0243. The van der Waals surface area contributed by atoms with Crippen LogP contribution in [0.3, 0.4) is 0 Å². The lowest BCUT2D eigenvalue weighted by Gasteiger charge is -2.38. The van der Waals surface area contributed by atoms with Crippen LogP contribution < -0.4 is 0 Å². The first-order chi connectivity index (χ1) is 9.75. The third-order valence-electron chi connectivity index (χ3n) is 6.11. The highest BCUT2D eigenvalue weighted by molar-refractivity contribution is 9.10. The fourth-order valence-electron chi connectivity index (χ4n) is 4.16. The number of hydrogen-bond acceptors (Lipinski definition) is 2. The normalized spacial score (nSPS) is 33.2. The van der Waals surface area contributed by atoms with Gasteiger partial charge in [0, 0.05) is 14.9 Å². The third kappa shape index (κ3) is 2.24. The van der Waals surface area contributed by atoms with Crippen molar-refractivity contribution in [2.75, 3.05) is 0 Å². The summed E-state index contributed by atoms with van der Waals surface area (Å²) >= 11 is 9.31. The van der Waals surface area contributed by atoms with Crippen LogP contribution >= 0.6 is 27.5 Å². The summed E-state index contributed by atoms with van der Waals surface area (Å²) in [6.07, 6.45) is 3.40. The highest BCUT2D eigenvalue weighted by Gasteiger charge is 2.62. The molecule has 21 heavy (non-hydrogen) atoms. The number of carbonyl (C=O) groups excluding carboxylic acids is 1. The van der Waals surface area contributed by atoms with Gasteiger partial charge in [-0.2, -0.15) is 0 Å². The summed E-state index contributed by atoms with van der Waals surface area (Å²) in [5.74, 6) is 0.405. The van der Waals surface area contributed by atoms with Crippen molar-refractivity contribution in [2.24, 2.45) is 16.7 Å². The number of fused-ring (bicyclic) bond motifs is 2. The van der Waals surface area contributed by atoms with Crippen LogP contribution in [0, 0.1) is 16.7 Å². The van der Waals surface area contributed by atoms with E-state index in [0.29, 0.717) is 21.0 Å². The van der Waals surface area contributed by atoms with E-state index in [1.807, 2.05) is 0 Å². The molecule has 114 valence electrons. The first-order valence-electron chi connectivity index (χ1n) is 7.42. The number of carbonyl (C=O) groups is 1. The number of ether oxygens (including phenoxy) is 1. The Hall–Kier alpha value is -0.540. The zero-order chi connectivity index (χ0) is 15.4. The predicted molar refractivity (Wildman–Crippen MR) is 87.6 cm³/mol. The van der Waals surface area contributed by atoms with Gasteiger partial charge < -0.3 is 4.74 Å². The second-order valence-electron chi connectivity index (χ2n) is 7.13.